The highest BCUT2D eigenvalue weighted by Crippen LogP contribution is 2.09. The number of nitrogens with one attached hydrogen (secondary N) is 2. The number of hydrogen-bond acceptors (Lipinski definition) is 4. The number of rotatable bonds is 5. The molecule has 5 heteroatoms. The van der Waals surface area contributed by atoms with Crippen LogP contribution in [0, 0.1) is 0 Å². The molecule has 0 unspecified atom stereocenters. The van der Waals surface area contributed by atoms with Crippen LogP contribution in [0.5, 0.6) is 0 Å². The standard InChI is InChI=1S/C14H16N4O/c1-2-8-15-13-9-12(16-10-17-13)14(19)18-11-6-4-3-5-7-11/h3-7,9-10H,2,8H2,1H3,(H,18,19)(H,15,16,17). The molecule has 0 aliphatic rings. The lowest BCUT2D eigenvalue weighted by atomic mass is 10.3. The van der Waals surface area contributed by atoms with Gasteiger partial charge in [0.15, 0.2) is 0 Å². The highest BCUT2D eigenvalue weighted by Gasteiger charge is 2.08. The minimum Gasteiger partial charge on any atom is -0.370 e. The molecule has 0 aliphatic heterocycles. The number of carbonyl (C=O) groups excluding carboxylic acids is 1. The largest absolute Gasteiger partial charge is 0.370 e. The van der Waals surface area contributed by atoms with E-state index in [1.807, 2.05) is 30.3 Å². The van der Waals surface area contributed by atoms with E-state index in [4.69, 9.17) is 0 Å². The molecule has 1 heterocycles. The van der Waals surface area contributed by atoms with Crippen LogP contribution < -0.4 is 10.6 Å². The molecule has 19 heavy (non-hydrogen) atoms. The summed E-state index contributed by atoms with van der Waals surface area (Å²) < 4.78 is 0. The Morgan fingerprint density at radius 3 is 2.74 bits per heavy atom. The molecule has 0 bridgehead atoms. The summed E-state index contributed by atoms with van der Waals surface area (Å²) in [6.45, 7) is 2.88. The van der Waals surface area contributed by atoms with Crippen molar-refractivity contribution in [2.75, 3.05) is 17.2 Å². The first kappa shape index (κ1) is 13.0. The first-order valence-electron chi connectivity index (χ1n) is 6.22. The third kappa shape index (κ3) is 3.77. The van der Waals surface area contributed by atoms with E-state index in [1.54, 1.807) is 6.07 Å². The molecule has 1 amide bonds. The Labute approximate surface area is 112 Å². The maximum atomic E-state index is 12.0. The first-order chi connectivity index (χ1) is 9.29. The van der Waals surface area contributed by atoms with E-state index < -0.39 is 0 Å². The second-order valence-electron chi connectivity index (χ2n) is 4.04. The molecule has 2 rings (SSSR count). The van der Waals surface area contributed by atoms with E-state index in [9.17, 15) is 4.79 Å². The van der Waals surface area contributed by atoms with Crippen LogP contribution in [0.1, 0.15) is 23.8 Å². The Hall–Kier alpha value is -2.43. The van der Waals surface area contributed by atoms with Gasteiger partial charge in [0.1, 0.15) is 17.8 Å². The number of hydrogen-bond donors (Lipinski definition) is 2. The van der Waals surface area contributed by atoms with Crippen LogP contribution in [-0.2, 0) is 0 Å². The summed E-state index contributed by atoms with van der Waals surface area (Å²) in [6, 6.07) is 10.9. The number of benzene rings is 1. The third-order valence-corrected chi connectivity index (χ3v) is 2.49. The van der Waals surface area contributed by atoms with Crippen LogP contribution in [0.15, 0.2) is 42.7 Å². The molecule has 2 N–H and O–H groups in total. The van der Waals surface area contributed by atoms with Crippen LogP contribution in [0.2, 0.25) is 0 Å². The molecule has 0 spiro atoms. The van der Waals surface area contributed by atoms with Gasteiger partial charge in [0.2, 0.25) is 0 Å². The van der Waals surface area contributed by atoms with Crippen LogP contribution >= 0.6 is 0 Å². The number of nitrogens with zero attached hydrogens (tertiary/aromatic N) is 2. The van der Waals surface area contributed by atoms with Crippen LogP contribution in [0.4, 0.5) is 11.5 Å². The fraction of sp³-hybridized carbons (Fsp3) is 0.214. The van der Waals surface area contributed by atoms with E-state index >= 15 is 0 Å². The lowest BCUT2D eigenvalue weighted by Gasteiger charge is -2.06. The summed E-state index contributed by atoms with van der Waals surface area (Å²) in [5, 5.41) is 5.91. The monoisotopic (exact) mass is 256 g/mol. The van der Waals surface area contributed by atoms with E-state index in [1.165, 1.54) is 6.33 Å². The van der Waals surface area contributed by atoms with Gasteiger partial charge in [-0.25, -0.2) is 9.97 Å². The molecule has 0 atom stereocenters. The van der Waals surface area contributed by atoms with Crippen molar-refractivity contribution in [1.29, 1.82) is 0 Å². The number of aromatic nitrogens is 2. The van der Waals surface area contributed by atoms with Crippen molar-refractivity contribution in [3.05, 3.63) is 48.4 Å². The molecule has 0 saturated carbocycles. The Bertz CT molecular complexity index is 542. The lowest BCUT2D eigenvalue weighted by molar-refractivity contribution is 0.102. The molecule has 1 aromatic carbocycles. The number of amides is 1. The van der Waals surface area contributed by atoms with Crippen molar-refractivity contribution >= 4 is 17.4 Å². The van der Waals surface area contributed by atoms with Gasteiger partial charge >= 0.3 is 0 Å². The topological polar surface area (TPSA) is 66.9 Å². The summed E-state index contributed by atoms with van der Waals surface area (Å²) in [7, 11) is 0. The van der Waals surface area contributed by atoms with Crippen molar-refractivity contribution in [2.24, 2.45) is 0 Å². The summed E-state index contributed by atoms with van der Waals surface area (Å²) in [4.78, 5) is 20.1. The molecule has 0 radical (unpaired) electrons. The van der Waals surface area contributed by atoms with Crippen molar-refractivity contribution in [2.45, 2.75) is 13.3 Å². The molecule has 0 fully saturated rings. The predicted octanol–water partition coefficient (Wildman–Crippen LogP) is 2.55. The zero-order chi connectivity index (χ0) is 13.5. The minimum atomic E-state index is -0.242. The highest BCUT2D eigenvalue weighted by atomic mass is 16.1. The normalized spacial score (nSPS) is 9.95. The fourth-order valence-electron chi connectivity index (χ4n) is 1.55. The van der Waals surface area contributed by atoms with Crippen molar-refractivity contribution < 1.29 is 4.79 Å². The van der Waals surface area contributed by atoms with Crippen LogP contribution in [0.3, 0.4) is 0 Å². The Morgan fingerprint density at radius 2 is 2.00 bits per heavy atom. The average molecular weight is 256 g/mol. The van der Waals surface area contributed by atoms with Crippen molar-refractivity contribution in [1.82, 2.24) is 9.97 Å². The zero-order valence-corrected chi connectivity index (χ0v) is 10.8. The Morgan fingerprint density at radius 1 is 1.21 bits per heavy atom. The first-order valence-corrected chi connectivity index (χ1v) is 6.22. The van der Waals surface area contributed by atoms with E-state index in [2.05, 4.69) is 27.5 Å². The maximum Gasteiger partial charge on any atom is 0.274 e. The lowest BCUT2D eigenvalue weighted by Crippen LogP contribution is -2.14. The zero-order valence-electron chi connectivity index (χ0n) is 10.8. The number of carbonyl (C=O) groups is 1. The minimum absolute atomic E-state index is 0.242. The Balaban J connectivity index is 2.06. The molecule has 2 aromatic rings. The second kappa shape index (κ2) is 6.49. The van der Waals surface area contributed by atoms with Gasteiger partial charge in [0.05, 0.1) is 0 Å². The molecule has 0 saturated heterocycles. The van der Waals surface area contributed by atoms with Gasteiger partial charge in [0.25, 0.3) is 5.91 Å². The molecule has 0 aliphatic carbocycles. The average Bonchev–Trinajstić information content (AvgIpc) is 2.46. The molecular formula is C14H16N4O. The van der Waals surface area contributed by atoms with E-state index in [0.717, 1.165) is 18.7 Å². The molecule has 1 aromatic heterocycles. The summed E-state index contributed by atoms with van der Waals surface area (Å²) >= 11 is 0. The smallest absolute Gasteiger partial charge is 0.274 e. The van der Waals surface area contributed by atoms with Crippen molar-refractivity contribution in [3.8, 4) is 0 Å². The summed E-state index contributed by atoms with van der Waals surface area (Å²) in [6.07, 6.45) is 2.38. The SMILES string of the molecule is CCCNc1cc(C(=O)Nc2ccccc2)ncn1. The number of anilines is 2. The molecule has 5 nitrogen and oxygen atoms in total. The van der Waals surface area contributed by atoms with Gasteiger partial charge in [-0.1, -0.05) is 25.1 Å². The fourth-order valence-corrected chi connectivity index (χ4v) is 1.55. The predicted molar refractivity (Wildman–Crippen MR) is 75.2 cm³/mol. The van der Waals surface area contributed by atoms with Gasteiger partial charge in [0, 0.05) is 18.3 Å². The van der Waals surface area contributed by atoms with Gasteiger partial charge < -0.3 is 10.6 Å². The third-order valence-electron chi connectivity index (χ3n) is 2.49. The van der Waals surface area contributed by atoms with Crippen LogP contribution in [-0.4, -0.2) is 22.4 Å². The van der Waals surface area contributed by atoms with Gasteiger partial charge in [-0.3, -0.25) is 4.79 Å². The van der Waals surface area contributed by atoms with Gasteiger partial charge in [-0.15, -0.1) is 0 Å². The molecular weight excluding hydrogens is 240 g/mol. The summed E-state index contributed by atoms with van der Waals surface area (Å²) in [5.74, 6) is 0.420. The Kier molecular flexibility index (Phi) is 4.44. The van der Waals surface area contributed by atoms with Gasteiger partial charge in [-0.05, 0) is 18.6 Å². The second-order valence-corrected chi connectivity index (χ2v) is 4.04. The summed E-state index contributed by atoms with van der Waals surface area (Å²) in [5.41, 5.74) is 1.09. The maximum absolute atomic E-state index is 12.0. The number of para-hydroxylation sites is 1. The van der Waals surface area contributed by atoms with Crippen LogP contribution in [0.25, 0.3) is 0 Å². The van der Waals surface area contributed by atoms with Crippen molar-refractivity contribution in [3.63, 3.8) is 0 Å². The van der Waals surface area contributed by atoms with Gasteiger partial charge in [-0.2, -0.15) is 0 Å². The van der Waals surface area contributed by atoms with E-state index in [0.29, 0.717) is 11.5 Å². The quantitative estimate of drug-likeness (QED) is 0.862. The molecule has 98 valence electrons. The highest BCUT2D eigenvalue weighted by molar-refractivity contribution is 6.03. The van der Waals surface area contributed by atoms with E-state index in [-0.39, 0.29) is 5.91 Å².